The van der Waals surface area contributed by atoms with E-state index in [1.807, 2.05) is 60.8 Å². The van der Waals surface area contributed by atoms with Gasteiger partial charge in [-0.2, -0.15) is 0 Å². The molecule has 0 saturated carbocycles. The Morgan fingerprint density at radius 3 is 2.48 bits per heavy atom. The second-order valence-corrected chi connectivity index (χ2v) is 8.24. The second-order valence-electron chi connectivity index (χ2n) is 7.80. The number of nitrogens with zero attached hydrogens (tertiary/aromatic N) is 3. The molecule has 0 radical (unpaired) electrons. The molecule has 31 heavy (non-hydrogen) atoms. The standard InChI is InChI=1S/C25H23ClN4O/c26-21-5-7-22(8-6-21)30-23(15-20-9-10-28-16-24(20)30)18-1-3-19(4-2-18)25(31)17-29-13-11-27-12-14-29/h1-10,15-16,27H,11-14,17H2. The summed E-state index contributed by atoms with van der Waals surface area (Å²) in [5.74, 6) is 0.163. The van der Waals surface area contributed by atoms with Gasteiger partial charge in [0, 0.05) is 54.0 Å². The number of ketones is 1. The number of aromatic nitrogens is 2. The highest BCUT2D eigenvalue weighted by Gasteiger charge is 2.16. The average molecular weight is 431 g/mol. The van der Waals surface area contributed by atoms with Gasteiger partial charge in [-0.15, -0.1) is 0 Å². The molecule has 3 heterocycles. The molecule has 0 amide bonds. The Morgan fingerprint density at radius 1 is 1.00 bits per heavy atom. The van der Waals surface area contributed by atoms with Gasteiger partial charge in [-0.3, -0.25) is 14.7 Å². The van der Waals surface area contributed by atoms with Crippen molar-refractivity contribution in [3.63, 3.8) is 0 Å². The summed E-state index contributed by atoms with van der Waals surface area (Å²) in [5.41, 5.74) is 4.88. The van der Waals surface area contributed by atoms with E-state index in [1.54, 1.807) is 6.20 Å². The lowest BCUT2D eigenvalue weighted by Gasteiger charge is -2.26. The third kappa shape index (κ3) is 4.12. The number of fused-ring (bicyclic) bond motifs is 1. The highest BCUT2D eigenvalue weighted by molar-refractivity contribution is 6.30. The van der Waals surface area contributed by atoms with E-state index in [4.69, 9.17) is 11.6 Å². The van der Waals surface area contributed by atoms with Crippen molar-refractivity contribution in [3.8, 4) is 16.9 Å². The van der Waals surface area contributed by atoms with Crippen molar-refractivity contribution in [1.82, 2.24) is 19.8 Å². The summed E-state index contributed by atoms with van der Waals surface area (Å²) in [6, 6.07) is 19.9. The van der Waals surface area contributed by atoms with Crippen LogP contribution in [0.15, 0.2) is 73.1 Å². The molecule has 0 spiro atoms. The Morgan fingerprint density at radius 2 is 1.74 bits per heavy atom. The first-order valence-electron chi connectivity index (χ1n) is 10.5. The van der Waals surface area contributed by atoms with Crippen LogP contribution < -0.4 is 5.32 Å². The number of carbonyl (C=O) groups is 1. The molecule has 5 rings (SSSR count). The Balaban J connectivity index is 1.48. The van der Waals surface area contributed by atoms with Crippen LogP contribution in [0.4, 0.5) is 0 Å². The molecule has 2 aromatic heterocycles. The lowest BCUT2D eigenvalue weighted by molar-refractivity contribution is 0.0921. The summed E-state index contributed by atoms with van der Waals surface area (Å²) >= 11 is 6.10. The minimum atomic E-state index is 0.163. The van der Waals surface area contributed by atoms with E-state index >= 15 is 0 Å². The van der Waals surface area contributed by atoms with E-state index in [0.717, 1.165) is 59.6 Å². The number of benzene rings is 2. The summed E-state index contributed by atoms with van der Waals surface area (Å²) in [4.78, 5) is 19.3. The van der Waals surface area contributed by atoms with Gasteiger partial charge in [-0.25, -0.2) is 0 Å². The molecule has 0 atom stereocenters. The summed E-state index contributed by atoms with van der Waals surface area (Å²) in [5, 5.41) is 5.13. The number of halogens is 1. The maximum Gasteiger partial charge on any atom is 0.176 e. The van der Waals surface area contributed by atoms with Crippen LogP contribution in [0.5, 0.6) is 0 Å². The van der Waals surface area contributed by atoms with Crippen molar-refractivity contribution < 1.29 is 4.79 Å². The fraction of sp³-hybridized carbons (Fsp3) is 0.200. The summed E-state index contributed by atoms with van der Waals surface area (Å²) in [6.07, 6.45) is 3.68. The highest BCUT2D eigenvalue weighted by Crippen LogP contribution is 2.31. The number of piperazine rings is 1. The van der Waals surface area contributed by atoms with Gasteiger partial charge in [0.25, 0.3) is 0 Å². The maximum absolute atomic E-state index is 12.7. The quantitative estimate of drug-likeness (QED) is 0.476. The van der Waals surface area contributed by atoms with Crippen molar-refractivity contribution >= 4 is 28.3 Å². The third-order valence-electron chi connectivity index (χ3n) is 5.77. The van der Waals surface area contributed by atoms with Crippen LogP contribution >= 0.6 is 11.6 Å². The number of carbonyl (C=O) groups excluding carboxylic acids is 1. The van der Waals surface area contributed by atoms with Crippen molar-refractivity contribution in [1.29, 1.82) is 0 Å². The Hall–Kier alpha value is -2.99. The van der Waals surface area contributed by atoms with Gasteiger partial charge in [0.2, 0.25) is 0 Å². The van der Waals surface area contributed by atoms with Crippen LogP contribution in [0.2, 0.25) is 5.02 Å². The molecule has 156 valence electrons. The number of nitrogens with one attached hydrogen (secondary N) is 1. The normalized spacial score (nSPS) is 14.7. The van der Waals surface area contributed by atoms with Crippen LogP contribution in [0.3, 0.4) is 0 Å². The first-order chi connectivity index (χ1) is 15.2. The molecule has 1 fully saturated rings. The van der Waals surface area contributed by atoms with Crippen molar-refractivity contribution in [3.05, 3.63) is 83.6 Å². The van der Waals surface area contributed by atoms with E-state index in [9.17, 15) is 4.79 Å². The molecular weight excluding hydrogens is 408 g/mol. The second kappa shape index (κ2) is 8.63. The molecule has 4 aromatic rings. The summed E-state index contributed by atoms with van der Waals surface area (Å²) < 4.78 is 2.18. The summed E-state index contributed by atoms with van der Waals surface area (Å²) in [6.45, 7) is 4.18. The lowest BCUT2D eigenvalue weighted by atomic mass is 10.1. The smallest absolute Gasteiger partial charge is 0.176 e. The number of hydrogen-bond donors (Lipinski definition) is 1. The Kier molecular flexibility index (Phi) is 5.55. The van der Waals surface area contributed by atoms with E-state index in [-0.39, 0.29) is 5.78 Å². The van der Waals surface area contributed by atoms with E-state index in [2.05, 4.69) is 25.8 Å². The fourth-order valence-electron chi connectivity index (χ4n) is 4.12. The van der Waals surface area contributed by atoms with E-state index in [0.29, 0.717) is 11.6 Å². The first kappa shape index (κ1) is 19.9. The van der Waals surface area contributed by atoms with Gasteiger partial charge < -0.3 is 9.88 Å². The van der Waals surface area contributed by atoms with E-state index < -0.39 is 0 Å². The predicted octanol–water partition coefficient (Wildman–Crippen LogP) is 4.43. The number of Topliss-reactive ketones (excluding diaryl/α,β-unsaturated/α-hetero) is 1. The van der Waals surface area contributed by atoms with Gasteiger partial charge >= 0.3 is 0 Å². The third-order valence-corrected chi connectivity index (χ3v) is 6.02. The molecule has 1 saturated heterocycles. The molecule has 5 nitrogen and oxygen atoms in total. The van der Waals surface area contributed by atoms with Crippen LogP contribution in [0.1, 0.15) is 10.4 Å². The molecule has 0 aliphatic carbocycles. The molecular formula is C25H23ClN4O. The van der Waals surface area contributed by atoms with Crippen LogP contribution in [0.25, 0.3) is 27.8 Å². The van der Waals surface area contributed by atoms with Gasteiger partial charge in [0.1, 0.15) is 0 Å². The van der Waals surface area contributed by atoms with Gasteiger partial charge in [0.05, 0.1) is 24.0 Å². The highest BCUT2D eigenvalue weighted by atomic mass is 35.5. The summed E-state index contributed by atoms with van der Waals surface area (Å²) in [7, 11) is 0. The molecule has 2 aromatic carbocycles. The molecule has 6 heteroatoms. The topological polar surface area (TPSA) is 50.2 Å². The van der Waals surface area contributed by atoms with Gasteiger partial charge in [-0.05, 0) is 42.0 Å². The van der Waals surface area contributed by atoms with Crippen LogP contribution in [0, 0.1) is 0 Å². The Bertz CT molecular complexity index is 1210. The molecule has 1 aliphatic rings. The van der Waals surface area contributed by atoms with Gasteiger partial charge in [-0.1, -0.05) is 35.9 Å². The SMILES string of the molecule is O=C(CN1CCNCC1)c1ccc(-c2cc3ccncc3n2-c2ccc(Cl)cc2)cc1. The molecule has 0 unspecified atom stereocenters. The maximum atomic E-state index is 12.7. The zero-order chi connectivity index (χ0) is 21.2. The Labute approximate surface area is 186 Å². The number of hydrogen-bond acceptors (Lipinski definition) is 4. The average Bonchev–Trinajstić information content (AvgIpc) is 3.20. The molecule has 1 aliphatic heterocycles. The zero-order valence-corrected chi connectivity index (χ0v) is 17.8. The van der Waals surface area contributed by atoms with Crippen molar-refractivity contribution in [2.45, 2.75) is 0 Å². The monoisotopic (exact) mass is 430 g/mol. The predicted molar refractivity (Wildman–Crippen MR) is 125 cm³/mol. The van der Waals surface area contributed by atoms with Gasteiger partial charge in [0.15, 0.2) is 5.78 Å². The molecule has 1 N–H and O–H groups in total. The number of pyridine rings is 1. The first-order valence-corrected chi connectivity index (χ1v) is 10.8. The van der Waals surface area contributed by atoms with E-state index in [1.165, 1.54) is 0 Å². The largest absolute Gasteiger partial charge is 0.314 e. The minimum Gasteiger partial charge on any atom is -0.314 e. The zero-order valence-electron chi connectivity index (χ0n) is 17.1. The van der Waals surface area contributed by atoms with Crippen LogP contribution in [-0.2, 0) is 0 Å². The fourth-order valence-corrected chi connectivity index (χ4v) is 4.24. The van der Waals surface area contributed by atoms with Crippen molar-refractivity contribution in [2.75, 3.05) is 32.7 Å². The van der Waals surface area contributed by atoms with Crippen LogP contribution in [-0.4, -0.2) is 53.0 Å². The number of rotatable bonds is 5. The minimum absolute atomic E-state index is 0.163. The lowest BCUT2D eigenvalue weighted by Crippen LogP contribution is -2.45. The molecule has 0 bridgehead atoms. The van der Waals surface area contributed by atoms with Crippen molar-refractivity contribution in [2.24, 2.45) is 0 Å².